The molecule has 1 aromatic carbocycles. The summed E-state index contributed by atoms with van der Waals surface area (Å²) in [5, 5.41) is 0. The second-order valence-corrected chi connectivity index (χ2v) is 6.58. The number of anilines is 2. The summed E-state index contributed by atoms with van der Waals surface area (Å²) in [6.45, 7) is 0. The molecule has 0 unspecified atom stereocenters. The molecule has 1 fully saturated rings. The quantitative estimate of drug-likeness (QED) is 0.850. The average Bonchev–Trinajstić information content (AvgIpc) is 3.15. The van der Waals surface area contributed by atoms with Crippen LogP contribution in [-0.4, -0.2) is 30.7 Å². The molecule has 0 bridgehead atoms. The lowest BCUT2D eigenvalue weighted by atomic mass is 10.2. The van der Waals surface area contributed by atoms with Crippen LogP contribution < -0.4 is 10.0 Å². The number of nitrogen functional groups attached to an aromatic ring is 1. The van der Waals surface area contributed by atoms with Crippen molar-refractivity contribution in [3.63, 3.8) is 0 Å². The molecule has 0 saturated heterocycles. The molecular formula is C12H14N4O2S. The summed E-state index contributed by atoms with van der Waals surface area (Å²) < 4.78 is 25.5. The maximum atomic E-state index is 12.0. The van der Waals surface area contributed by atoms with Crippen LogP contribution in [0.1, 0.15) is 12.8 Å². The molecule has 1 heterocycles. The summed E-state index contributed by atoms with van der Waals surface area (Å²) in [5.74, 6) is 0. The van der Waals surface area contributed by atoms with Crippen LogP contribution in [0.3, 0.4) is 0 Å². The van der Waals surface area contributed by atoms with Crippen LogP contribution >= 0.6 is 0 Å². The number of nitrogens with zero attached hydrogens (tertiary/aromatic N) is 3. The van der Waals surface area contributed by atoms with Crippen LogP contribution in [0, 0.1) is 0 Å². The minimum atomic E-state index is -3.38. The molecule has 1 aliphatic rings. The van der Waals surface area contributed by atoms with E-state index < -0.39 is 10.0 Å². The van der Waals surface area contributed by atoms with E-state index >= 15 is 0 Å². The van der Waals surface area contributed by atoms with Crippen molar-refractivity contribution in [3.05, 3.63) is 24.5 Å². The maximum Gasteiger partial charge on any atom is 0.232 e. The summed E-state index contributed by atoms with van der Waals surface area (Å²) in [7, 11) is -3.38. The average molecular weight is 278 g/mol. The van der Waals surface area contributed by atoms with Gasteiger partial charge in [0.05, 0.1) is 17.5 Å². The molecule has 1 aliphatic carbocycles. The first kappa shape index (κ1) is 12.2. The first-order valence-electron chi connectivity index (χ1n) is 5.97. The zero-order valence-corrected chi connectivity index (χ0v) is 11.3. The van der Waals surface area contributed by atoms with Crippen LogP contribution in [0.2, 0.25) is 0 Å². The maximum absolute atomic E-state index is 12.0. The fourth-order valence-corrected chi connectivity index (χ4v) is 3.47. The monoisotopic (exact) mass is 278 g/mol. The highest BCUT2D eigenvalue weighted by atomic mass is 32.2. The molecule has 0 aliphatic heterocycles. The van der Waals surface area contributed by atoms with Gasteiger partial charge in [-0.2, -0.15) is 0 Å². The molecule has 2 N–H and O–H groups in total. The van der Waals surface area contributed by atoms with E-state index in [-0.39, 0.29) is 6.04 Å². The van der Waals surface area contributed by atoms with Gasteiger partial charge in [-0.1, -0.05) is 0 Å². The van der Waals surface area contributed by atoms with Gasteiger partial charge in [-0.15, -0.1) is 0 Å². The number of nitrogens with two attached hydrogens (primary N) is 1. The Morgan fingerprint density at radius 2 is 1.95 bits per heavy atom. The van der Waals surface area contributed by atoms with Crippen molar-refractivity contribution in [2.24, 2.45) is 0 Å². The second kappa shape index (κ2) is 4.06. The van der Waals surface area contributed by atoms with Crippen molar-refractivity contribution >= 4 is 32.4 Å². The van der Waals surface area contributed by atoms with Gasteiger partial charge in [0, 0.05) is 18.4 Å². The SMILES string of the molecule is CS(=O)(=O)N(c1c(N)ccc2nccnc12)C1CC1. The van der Waals surface area contributed by atoms with Gasteiger partial charge in [-0.25, -0.2) is 8.42 Å². The smallest absolute Gasteiger partial charge is 0.232 e. The number of benzene rings is 1. The number of sulfonamides is 1. The third-order valence-corrected chi connectivity index (χ3v) is 4.30. The third kappa shape index (κ3) is 2.10. The van der Waals surface area contributed by atoms with E-state index in [1.54, 1.807) is 24.5 Å². The van der Waals surface area contributed by atoms with Gasteiger partial charge in [-0.3, -0.25) is 14.3 Å². The molecule has 1 aromatic heterocycles. The standard InChI is InChI=1S/C12H14N4O2S/c1-19(17,18)16(8-2-3-8)12-9(13)4-5-10-11(12)15-7-6-14-10/h4-8H,2-3,13H2,1H3. The minimum Gasteiger partial charge on any atom is -0.397 e. The number of rotatable bonds is 3. The lowest BCUT2D eigenvalue weighted by molar-refractivity contribution is 0.596. The first-order valence-corrected chi connectivity index (χ1v) is 7.82. The zero-order valence-electron chi connectivity index (χ0n) is 10.4. The molecule has 3 rings (SSSR count). The van der Waals surface area contributed by atoms with Crippen LogP contribution in [0.15, 0.2) is 24.5 Å². The number of aromatic nitrogens is 2. The Labute approximate surface area is 111 Å². The molecule has 6 nitrogen and oxygen atoms in total. The predicted molar refractivity (Wildman–Crippen MR) is 74.3 cm³/mol. The molecule has 7 heteroatoms. The highest BCUT2D eigenvalue weighted by molar-refractivity contribution is 7.92. The lowest BCUT2D eigenvalue weighted by Gasteiger charge is -2.24. The Morgan fingerprint density at radius 1 is 1.26 bits per heavy atom. The molecule has 1 saturated carbocycles. The Morgan fingerprint density at radius 3 is 2.58 bits per heavy atom. The van der Waals surface area contributed by atoms with Gasteiger partial charge in [0.25, 0.3) is 0 Å². The molecule has 19 heavy (non-hydrogen) atoms. The van der Waals surface area contributed by atoms with E-state index in [9.17, 15) is 8.42 Å². The highest BCUT2D eigenvalue weighted by Crippen LogP contribution is 2.39. The molecule has 0 spiro atoms. The van der Waals surface area contributed by atoms with Gasteiger partial charge in [0.1, 0.15) is 11.2 Å². The van der Waals surface area contributed by atoms with Crippen molar-refractivity contribution in [2.45, 2.75) is 18.9 Å². The predicted octanol–water partition coefficient (Wildman–Crippen LogP) is 1.14. The fourth-order valence-electron chi connectivity index (χ4n) is 2.20. The number of hydrogen-bond donors (Lipinski definition) is 1. The second-order valence-electron chi connectivity index (χ2n) is 4.72. The molecule has 100 valence electrons. The van der Waals surface area contributed by atoms with Gasteiger partial charge in [-0.05, 0) is 25.0 Å². The van der Waals surface area contributed by atoms with E-state index in [1.165, 1.54) is 10.6 Å². The summed E-state index contributed by atoms with van der Waals surface area (Å²) in [4.78, 5) is 8.43. The summed E-state index contributed by atoms with van der Waals surface area (Å²) in [5.41, 5.74) is 8.01. The third-order valence-electron chi connectivity index (χ3n) is 3.10. The Balaban J connectivity index is 2.31. The van der Waals surface area contributed by atoms with Crippen molar-refractivity contribution in [1.82, 2.24) is 9.97 Å². The molecule has 0 radical (unpaired) electrons. The summed E-state index contributed by atoms with van der Waals surface area (Å²) in [6, 6.07) is 3.41. The number of hydrogen-bond acceptors (Lipinski definition) is 5. The van der Waals surface area contributed by atoms with Crippen LogP contribution in [0.4, 0.5) is 11.4 Å². The van der Waals surface area contributed by atoms with Gasteiger partial charge < -0.3 is 5.73 Å². The highest BCUT2D eigenvalue weighted by Gasteiger charge is 2.37. The van der Waals surface area contributed by atoms with Crippen molar-refractivity contribution in [2.75, 3.05) is 16.3 Å². The number of fused-ring (bicyclic) bond motifs is 1. The molecule has 0 amide bonds. The van der Waals surface area contributed by atoms with Crippen LogP contribution in [-0.2, 0) is 10.0 Å². The van der Waals surface area contributed by atoms with Crippen LogP contribution in [0.5, 0.6) is 0 Å². The largest absolute Gasteiger partial charge is 0.397 e. The zero-order chi connectivity index (χ0) is 13.6. The molecule has 0 atom stereocenters. The first-order chi connectivity index (χ1) is 8.98. The van der Waals surface area contributed by atoms with Gasteiger partial charge in [0.15, 0.2) is 0 Å². The molecular weight excluding hydrogens is 264 g/mol. The lowest BCUT2D eigenvalue weighted by Crippen LogP contribution is -2.33. The Kier molecular flexibility index (Phi) is 2.60. The Hall–Kier alpha value is -1.89. The minimum absolute atomic E-state index is 0.00935. The normalized spacial score (nSPS) is 15.6. The molecule has 2 aromatic rings. The van der Waals surface area contributed by atoms with E-state index in [0.717, 1.165) is 12.8 Å². The van der Waals surface area contributed by atoms with Crippen LogP contribution in [0.25, 0.3) is 11.0 Å². The van der Waals surface area contributed by atoms with E-state index in [2.05, 4.69) is 9.97 Å². The van der Waals surface area contributed by atoms with E-state index in [0.29, 0.717) is 22.4 Å². The Bertz CT molecular complexity index is 740. The summed E-state index contributed by atoms with van der Waals surface area (Å²) >= 11 is 0. The van der Waals surface area contributed by atoms with E-state index in [4.69, 9.17) is 5.73 Å². The van der Waals surface area contributed by atoms with E-state index in [1.807, 2.05) is 0 Å². The van der Waals surface area contributed by atoms with Gasteiger partial charge in [0.2, 0.25) is 10.0 Å². The summed E-state index contributed by atoms with van der Waals surface area (Å²) in [6.07, 6.45) is 6.01. The van der Waals surface area contributed by atoms with Crippen molar-refractivity contribution in [3.8, 4) is 0 Å². The van der Waals surface area contributed by atoms with Gasteiger partial charge >= 0.3 is 0 Å². The topological polar surface area (TPSA) is 89.2 Å². The van der Waals surface area contributed by atoms with Crippen molar-refractivity contribution < 1.29 is 8.42 Å². The van der Waals surface area contributed by atoms with Crippen molar-refractivity contribution in [1.29, 1.82) is 0 Å². The fraction of sp³-hybridized carbons (Fsp3) is 0.333.